The Hall–Kier alpha value is -1.99. The fraction of sp³-hybridized carbons (Fsp3) is 0.471. The van der Waals surface area contributed by atoms with E-state index in [4.69, 9.17) is 9.84 Å². The van der Waals surface area contributed by atoms with E-state index in [1.54, 1.807) is 25.3 Å². The molecule has 0 aromatic heterocycles. The quantitative estimate of drug-likeness (QED) is 0.812. The van der Waals surface area contributed by atoms with Crippen LogP contribution in [0.4, 0.5) is 0 Å². The zero-order valence-electron chi connectivity index (χ0n) is 12.5. The predicted octanol–water partition coefficient (Wildman–Crippen LogP) is 1.81. The molecule has 0 radical (unpaired) electrons. The van der Waals surface area contributed by atoms with Gasteiger partial charge in [0.1, 0.15) is 12.4 Å². The third-order valence-corrected chi connectivity index (χ3v) is 3.78. The summed E-state index contributed by atoms with van der Waals surface area (Å²) in [5.74, 6) is 7.17. The number of benzene rings is 1. The summed E-state index contributed by atoms with van der Waals surface area (Å²) in [5, 5.41) is 11.7. The Bertz CT molecular complexity index is 567. The maximum absolute atomic E-state index is 12.2. The Labute approximate surface area is 125 Å². The largest absolute Gasteiger partial charge is 0.495 e. The Morgan fingerprint density at radius 3 is 2.90 bits per heavy atom. The molecular formula is C17H21NO3. The molecule has 0 heterocycles. The van der Waals surface area contributed by atoms with Crippen LogP contribution in [0.25, 0.3) is 0 Å². The minimum Gasteiger partial charge on any atom is -0.495 e. The molecule has 1 unspecified atom stereocenters. The molecule has 2 N–H and O–H groups in total. The van der Waals surface area contributed by atoms with Gasteiger partial charge in [0.2, 0.25) is 0 Å². The Balaban J connectivity index is 2.05. The van der Waals surface area contributed by atoms with Gasteiger partial charge in [-0.3, -0.25) is 4.79 Å². The van der Waals surface area contributed by atoms with E-state index in [0.29, 0.717) is 29.3 Å². The summed E-state index contributed by atoms with van der Waals surface area (Å²) in [6.45, 7) is 2.65. The van der Waals surface area contributed by atoms with Gasteiger partial charge in [0, 0.05) is 12.1 Å². The van der Waals surface area contributed by atoms with E-state index in [-0.39, 0.29) is 12.5 Å². The van der Waals surface area contributed by atoms with Gasteiger partial charge in [-0.15, -0.1) is 0 Å². The van der Waals surface area contributed by atoms with E-state index in [2.05, 4.69) is 24.1 Å². The maximum Gasteiger partial charge on any atom is 0.251 e. The van der Waals surface area contributed by atoms with Crippen LogP contribution in [0.2, 0.25) is 0 Å². The van der Waals surface area contributed by atoms with Crippen LogP contribution in [-0.4, -0.2) is 31.3 Å². The average molecular weight is 287 g/mol. The molecule has 1 fully saturated rings. The summed E-state index contributed by atoms with van der Waals surface area (Å²) >= 11 is 0. The van der Waals surface area contributed by atoms with Crippen LogP contribution >= 0.6 is 0 Å². The molecule has 4 heteroatoms. The highest BCUT2D eigenvalue weighted by atomic mass is 16.5. The highest BCUT2D eigenvalue weighted by Gasteiger charge is 2.27. The summed E-state index contributed by atoms with van der Waals surface area (Å²) in [6.07, 6.45) is 2.56. The second-order valence-corrected chi connectivity index (χ2v) is 5.40. The van der Waals surface area contributed by atoms with E-state index in [0.717, 1.165) is 5.92 Å². The number of carbonyl (C=O) groups excluding carboxylic acids is 1. The average Bonchev–Trinajstić information content (AvgIpc) is 3.34. The maximum atomic E-state index is 12.2. The third kappa shape index (κ3) is 4.24. The van der Waals surface area contributed by atoms with Crippen molar-refractivity contribution in [3.63, 3.8) is 0 Å². The van der Waals surface area contributed by atoms with E-state index < -0.39 is 0 Å². The zero-order valence-corrected chi connectivity index (χ0v) is 12.5. The van der Waals surface area contributed by atoms with Crippen LogP contribution in [-0.2, 0) is 0 Å². The molecule has 1 atom stereocenters. The van der Waals surface area contributed by atoms with E-state index in [1.165, 1.54) is 12.8 Å². The van der Waals surface area contributed by atoms with Gasteiger partial charge in [0.15, 0.2) is 0 Å². The number of aliphatic hydroxyl groups is 1. The molecule has 112 valence electrons. The fourth-order valence-corrected chi connectivity index (χ4v) is 2.27. The normalized spacial score (nSPS) is 14.8. The molecule has 21 heavy (non-hydrogen) atoms. The summed E-state index contributed by atoms with van der Waals surface area (Å²) < 4.78 is 5.20. The lowest BCUT2D eigenvalue weighted by Gasteiger charge is -2.12. The van der Waals surface area contributed by atoms with Gasteiger partial charge in [-0.1, -0.05) is 18.8 Å². The predicted molar refractivity (Wildman–Crippen MR) is 81.2 cm³/mol. The molecule has 1 aliphatic rings. The highest BCUT2D eigenvalue weighted by molar-refractivity contribution is 5.94. The first-order valence-electron chi connectivity index (χ1n) is 7.21. The van der Waals surface area contributed by atoms with Gasteiger partial charge in [-0.05, 0) is 42.9 Å². The molecule has 2 rings (SSSR count). The SMILES string of the molecule is COc1ccc(C(=O)NCC(C)C2CC2)cc1C#CCO. The first-order chi connectivity index (χ1) is 10.2. The van der Waals surface area contributed by atoms with Crippen molar-refractivity contribution in [2.45, 2.75) is 19.8 Å². The number of amides is 1. The van der Waals surface area contributed by atoms with Crippen LogP contribution in [0.15, 0.2) is 18.2 Å². The number of hydrogen-bond donors (Lipinski definition) is 2. The van der Waals surface area contributed by atoms with Gasteiger partial charge in [-0.2, -0.15) is 0 Å². The topological polar surface area (TPSA) is 58.6 Å². The van der Waals surface area contributed by atoms with Crippen LogP contribution in [0.3, 0.4) is 0 Å². The van der Waals surface area contributed by atoms with Crippen molar-refractivity contribution in [2.75, 3.05) is 20.3 Å². The molecule has 1 aliphatic carbocycles. The summed E-state index contributed by atoms with van der Waals surface area (Å²) in [4.78, 5) is 12.2. The van der Waals surface area contributed by atoms with Crippen molar-refractivity contribution in [3.8, 4) is 17.6 Å². The molecule has 0 aliphatic heterocycles. The van der Waals surface area contributed by atoms with Crippen molar-refractivity contribution in [3.05, 3.63) is 29.3 Å². The fourth-order valence-electron chi connectivity index (χ4n) is 2.27. The van der Waals surface area contributed by atoms with Crippen LogP contribution in [0.5, 0.6) is 5.75 Å². The first kappa shape index (κ1) is 15.4. The molecule has 0 spiro atoms. The summed E-state index contributed by atoms with van der Waals surface area (Å²) in [7, 11) is 1.55. The standard InChI is InChI=1S/C17H21NO3/c1-12(13-5-6-13)11-18-17(20)15-7-8-16(21-2)14(10-15)4-3-9-19/h7-8,10,12-13,19H,5-6,9,11H2,1-2H3,(H,18,20). The smallest absolute Gasteiger partial charge is 0.251 e. The molecule has 1 aromatic rings. The number of aliphatic hydroxyl groups excluding tert-OH is 1. The van der Waals surface area contributed by atoms with Gasteiger partial charge in [0.25, 0.3) is 5.91 Å². The van der Waals surface area contributed by atoms with Crippen LogP contribution in [0.1, 0.15) is 35.7 Å². The Morgan fingerprint density at radius 2 is 2.29 bits per heavy atom. The van der Waals surface area contributed by atoms with Crippen molar-refractivity contribution in [1.29, 1.82) is 0 Å². The van der Waals surface area contributed by atoms with Crippen LogP contribution < -0.4 is 10.1 Å². The lowest BCUT2D eigenvalue weighted by atomic mass is 10.1. The highest BCUT2D eigenvalue weighted by Crippen LogP contribution is 2.36. The second-order valence-electron chi connectivity index (χ2n) is 5.40. The van der Waals surface area contributed by atoms with E-state index in [9.17, 15) is 4.79 Å². The van der Waals surface area contributed by atoms with Gasteiger partial charge < -0.3 is 15.2 Å². The number of nitrogens with one attached hydrogen (secondary N) is 1. The zero-order chi connectivity index (χ0) is 15.2. The summed E-state index contributed by atoms with van der Waals surface area (Å²) in [5.41, 5.74) is 1.16. The molecule has 4 nitrogen and oxygen atoms in total. The second kappa shape index (κ2) is 7.14. The number of ether oxygens (including phenoxy) is 1. The lowest BCUT2D eigenvalue weighted by molar-refractivity contribution is 0.0946. The van der Waals surface area contributed by atoms with Crippen molar-refractivity contribution in [2.24, 2.45) is 11.8 Å². The number of rotatable bonds is 5. The molecular weight excluding hydrogens is 266 g/mol. The number of hydrogen-bond acceptors (Lipinski definition) is 3. The monoisotopic (exact) mass is 287 g/mol. The van der Waals surface area contributed by atoms with Crippen molar-refractivity contribution >= 4 is 5.91 Å². The minimum atomic E-state index is -0.224. The van der Waals surface area contributed by atoms with Crippen molar-refractivity contribution < 1.29 is 14.6 Å². The van der Waals surface area contributed by atoms with Gasteiger partial charge in [-0.25, -0.2) is 0 Å². The molecule has 1 aromatic carbocycles. The minimum absolute atomic E-state index is 0.0998. The van der Waals surface area contributed by atoms with E-state index >= 15 is 0 Å². The number of carbonyl (C=O) groups is 1. The Morgan fingerprint density at radius 1 is 1.52 bits per heavy atom. The third-order valence-electron chi connectivity index (χ3n) is 3.78. The van der Waals surface area contributed by atoms with Crippen LogP contribution in [0, 0.1) is 23.7 Å². The molecule has 0 bridgehead atoms. The number of methoxy groups -OCH3 is 1. The molecule has 1 amide bonds. The first-order valence-corrected chi connectivity index (χ1v) is 7.21. The van der Waals surface area contributed by atoms with Crippen molar-refractivity contribution in [1.82, 2.24) is 5.32 Å². The van der Waals surface area contributed by atoms with Gasteiger partial charge in [0.05, 0.1) is 12.7 Å². The molecule has 0 saturated heterocycles. The molecule has 1 saturated carbocycles. The lowest BCUT2D eigenvalue weighted by Crippen LogP contribution is -2.29. The van der Waals surface area contributed by atoms with Gasteiger partial charge >= 0.3 is 0 Å². The summed E-state index contributed by atoms with van der Waals surface area (Å²) in [6, 6.07) is 5.14. The van der Waals surface area contributed by atoms with E-state index in [1.807, 2.05) is 0 Å². The Kier molecular flexibility index (Phi) is 5.24.